The maximum atomic E-state index is 13.3. The van der Waals surface area contributed by atoms with Gasteiger partial charge in [-0.25, -0.2) is 4.68 Å². The van der Waals surface area contributed by atoms with E-state index in [1.54, 1.807) is 13.2 Å². The average Bonchev–Trinajstić information content (AvgIpc) is 3.18. The maximum Gasteiger partial charge on any atom is 0.240 e. The van der Waals surface area contributed by atoms with Crippen LogP contribution in [0.5, 0.6) is 5.75 Å². The first kappa shape index (κ1) is 20.6. The first-order valence-corrected chi connectivity index (χ1v) is 10.8. The maximum absolute atomic E-state index is 13.3. The lowest BCUT2D eigenvalue weighted by Crippen LogP contribution is -2.41. The number of hydrogen-bond donors (Lipinski definition) is 2. The number of thioether (sulfide) groups is 1. The van der Waals surface area contributed by atoms with Gasteiger partial charge in [0.1, 0.15) is 11.0 Å². The summed E-state index contributed by atoms with van der Waals surface area (Å²) in [5.74, 6) is 1.45. The first-order valence-electron chi connectivity index (χ1n) is 9.59. The highest BCUT2D eigenvalue weighted by Gasteiger charge is 2.37. The molecule has 0 bridgehead atoms. The van der Waals surface area contributed by atoms with Gasteiger partial charge in [0.25, 0.3) is 0 Å². The van der Waals surface area contributed by atoms with Gasteiger partial charge in [0.05, 0.1) is 13.2 Å². The molecular weight excluding hydrogens is 422 g/mol. The van der Waals surface area contributed by atoms with Crippen LogP contribution in [0.1, 0.15) is 29.9 Å². The van der Waals surface area contributed by atoms with Gasteiger partial charge in [-0.3, -0.25) is 4.79 Å². The fourth-order valence-electron chi connectivity index (χ4n) is 3.34. The van der Waals surface area contributed by atoms with Crippen LogP contribution < -0.4 is 15.5 Å². The van der Waals surface area contributed by atoms with Crippen LogP contribution in [-0.2, 0) is 11.2 Å². The van der Waals surface area contributed by atoms with Gasteiger partial charge in [-0.2, -0.15) is 0 Å². The molecule has 2 atom stereocenters. The van der Waals surface area contributed by atoms with Crippen molar-refractivity contribution in [2.75, 3.05) is 17.9 Å². The van der Waals surface area contributed by atoms with Gasteiger partial charge in [-0.15, -0.1) is 10.2 Å². The van der Waals surface area contributed by atoms with Crippen molar-refractivity contribution in [3.8, 4) is 5.75 Å². The largest absolute Gasteiger partial charge is 0.497 e. The molecule has 0 saturated heterocycles. The number of nitrogens with zero attached hydrogens (tertiary/aromatic N) is 3. The standard InChI is InChI=1S/C21H22ClN5O2S/c1-4-17-24-25-21-27(17)26-18(13-8-10-14(29-3)11-9-13)19(30-21)20(28)23-16-7-5-6-15(22)12(16)2/h5-11,18-19,26H,4H2,1-3H3,(H,23,28)/t18-,19-/m0/s1. The van der Waals surface area contributed by atoms with Crippen LogP contribution in [0.15, 0.2) is 47.6 Å². The molecule has 0 unspecified atom stereocenters. The van der Waals surface area contributed by atoms with Crippen molar-refractivity contribution < 1.29 is 9.53 Å². The third-order valence-corrected chi connectivity index (χ3v) is 6.70. The van der Waals surface area contributed by atoms with E-state index in [0.717, 1.165) is 29.1 Å². The molecule has 156 valence electrons. The molecule has 9 heteroatoms. The summed E-state index contributed by atoms with van der Waals surface area (Å²) in [7, 11) is 1.63. The normalized spacial score (nSPS) is 17.7. The van der Waals surface area contributed by atoms with Gasteiger partial charge in [0.15, 0.2) is 5.82 Å². The van der Waals surface area contributed by atoms with Crippen LogP contribution in [0, 0.1) is 6.92 Å². The highest BCUT2D eigenvalue weighted by molar-refractivity contribution is 8.00. The number of amides is 1. The van der Waals surface area contributed by atoms with Crippen LogP contribution in [0.3, 0.4) is 0 Å². The molecule has 2 heterocycles. The number of hydrogen-bond acceptors (Lipinski definition) is 6. The third kappa shape index (κ3) is 3.85. The van der Waals surface area contributed by atoms with E-state index in [-0.39, 0.29) is 11.9 Å². The minimum atomic E-state index is -0.460. The Morgan fingerprint density at radius 1 is 1.27 bits per heavy atom. The number of ether oxygens (including phenoxy) is 1. The van der Waals surface area contributed by atoms with E-state index >= 15 is 0 Å². The van der Waals surface area contributed by atoms with Gasteiger partial charge in [-0.05, 0) is 42.3 Å². The van der Waals surface area contributed by atoms with Gasteiger partial charge < -0.3 is 15.5 Å². The van der Waals surface area contributed by atoms with Crippen molar-refractivity contribution >= 4 is 35.0 Å². The molecule has 30 heavy (non-hydrogen) atoms. The fourth-order valence-corrected chi connectivity index (χ4v) is 4.61. The summed E-state index contributed by atoms with van der Waals surface area (Å²) in [6, 6.07) is 12.9. The molecule has 0 saturated carbocycles. The molecule has 2 N–H and O–H groups in total. The Hall–Kier alpha value is -2.71. The Balaban J connectivity index is 1.68. The van der Waals surface area contributed by atoms with Crippen molar-refractivity contribution in [1.29, 1.82) is 0 Å². The molecular formula is C21H22ClN5O2S. The summed E-state index contributed by atoms with van der Waals surface area (Å²) in [6.45, 7) is 3.90. The van der Waals surface area contributed by atoms with Crippen molar-refractivity contribution in [3.63, 3.8) is 0 Å². The number of aromatic nitrogens is 3. The zero-order valence-electron chi connectivity index (χ0n) is 16.8. The smallest absolute Gasteiger partial charge is 0.240 e. The number of benzene rings is 2. The lowest BCUT2D eigenvalue weighted by molar-refractivity contribution is -0.116. The average molecular weight is 444 g/mol. The number of nitrogens with one attached hydrogen (secondary N) is 2. The molecule has 0 aliphatic carbocycles. The molecule has 0 fully saturated rings. The summed E-state index contributed by atoms with van der Waals surface area (Å²) in [5, 5.41) is 12.3. The molecule has 2 aromatic carbocycles. The van der Waals surface area contributed by atoms with Gasteiger partial charge in [0.2, 0.25) is 11.1 Å². The van der Waals surface area contributed by atoms with Gasteiger partial charge in [0, 0.05) is 17.1 Å². The lowest BCUT2D eigenvalue weighted by atomic mass is 10.0. The van der Waals surface area contributed by atoms with Crippen LogP contribution in [0.25, 0.3) is 0 Å². The summed E-state index contributed by atoms with van der Waals surface area (Å²) >= 11 is 7.61. The number of halogens is 1. The monoisotopic (exact) mass is 443 g/mol. The van der Waals surface area contributed by atoms with Gasteiger partial charge >= 0.3 is 0 Å². The molecule has 1 aliphatic heterocycles. The minimum absolute atomic E-state index is 0.133. The Bertz CT molecular complexity index is 1070. The molecule has 1 aliphatic rings. The third-order valence-electron chi connectivity index (χ3n) is 5.08. The minimum Gasteiger partial charge on any atom is -0.497 e. The van der Waals surface area contributed by atoms with Crippen molar-refractivity contribution in [3.05, 3.63) is 64.4 Å². The second-order valence-electron chi connectivity index (χ2n) is 6.91. The summed E-state index contributed by atoms with van der Waals surface area (Å²) < 4.78 is 7.14. The number of aryl methyl sites for hydroxylation is 1. The van der Waals surface area contributed by atoms with E-state index in [1.807, 2.05) is 54.9 Å². The Kier molecular flexibility index (Phi) is 5.87. The Morgan fingerprint density at radius 3 is 2.73 bits per heavy atom. The van der Waals surface area contributed by atoms with Crippen LogP contribution in [0.2, 0.25) is 5.02 Å². The highest BCUT2D eigenvalue weighted by Crippen LogP contribution is 2.38. The van der Waals surface area contributed by atoms with Crippen LogP contribution in [-0.4, -0.2) is 33.1 Å². The van der Waals surface area contributed by atoms with Crippen molar-refractivity contribution in [1.82, 2.24) is 14.9 Å². The summed E-state index contributed by atoms with van der Waals surface area (Å²) in [6.07, 6.45) is 0.731. The van der Waals surface area contributed by atoms with E-state index < -0.39 is 5.25 Å². The van der Waals surface area contributed by atoms with Gasteiger partial charge in [-0.1, -0.05) is 48.5 Å². The van der Waals surface area contributed by atoms with Crippen molar-refractivity contribution in [2.24, 2.45) is 0 Å². The SMILES string of the molecule is CCc1nnc2n1N[C@@H](c1ccc(OC)cc1)[C@@H](C(=O)Nc1cccc(Cl)c1C)S2. The fraction of sp³-hybridized carbons (Fsp3) is 0.286. The molecule has 1 amide bonds. The van der Waals surface area contributed by atoms with E-state index in [2.05, 4.69) is 20.9 Å². The Labute approximate surface area is 184 Å². The topological polar surface area (TPSA) is 81.1 Å². The second-order valence-corrected chi connectivity index (χ2v) is 8.42. The van der Waals surface area contributed by atoms with E-state index in [1.165, 1.54) is 11.8 Å². The molecule has 7 nitrogen and oxygen atoms in total. The number of rotatable bonds is 5. The van der Waals surface area contributed by atoms with Crippen LogP contribution >= 0.6 is 23.4 Å². The second kappa shape index (κ2) is 8.57. The quantitative estimate of drug-likeness (QED) is 0.614. The number of anilines is 1. The van der Waals surface area contributed by atoms with Crippen LogP contribution in [0.4, 0.5) is 5.69 Å². The predicted octanol–water partition coefficient (Wildman–Crippen LogP) is 4.21. The molecule has 3 aromatic rings. The molecule has 1 aromatic heterocycles. The van der Waals surface area contributed by atoms with E-state index in [9.17, 15) is 4.79 Å². The first-order chi connectivity index (χ1) is 14.5. The summed E-state index contributed by atoms with van der Waals surface area (Å²) in [4.78, 5) is 13.3. The van der Waals surface area contributed by atoms with Crippen molar-refractivity contribution in [2.45, 2.75) is 36.7 Å². The molecule has 0 radical (unpaired) electrons. The van der Waals surface area contributed by atoms with E-state index in [0.29, 0.717) is 15.9 Å². The van der Waals surface area contributed by atoms with E-state index in [4.69, 9.17) is 16.3 Å². The number of methoxy groups -OCH3 is 1. The lowest BCUT2D eigenvalue weighted by Gasteiger charge is -2.33. The zero-order valence-corrected chi connectivity index (χ0v) is 18.4. The highest BCUT2D eigenvalue weighted by atomic mass is 35.5. The summed E-state index contributed by atoms with van der Waals surface area (Å²) in [5.41, 5.74) is 5.93. The zero-order chi connectivity index (χ0) is 21.3. The molecule has 0 spiro atoms. The Morgan fingerprint density at radius 2 is 2.03 bits per heavy atom. The predicted molar refractivity (Wildman–Crippen MR) is 119 cm³/mol. The number of carbonyl (C=O) groups excluding carboxylic acids is 1. The molecule has 4 rings (SSSR count). The number of carbonyl (C=O) groups is 1. The number of fused-ring (bicyclic) bond motifs is 1.